The fraction of sp³-hybridized carbons (Fsp3) is 0.667. The Morgan fingerprint density at radius 3 is 1.12 bits per heavy atom. The number of carboxylic acid groups (broad SMARTS) is 2. The summed E-state index contributed by atoms with van der Waals surface area (Å²) in [7, 11) is 0. The summed E-state index contributed by atoms with van der Waals surface area (Å²) in [5, 5.41) is 16.5. The molecule has 0 amide bonds. The van der Waals surface area contributed by atoms with Gasteiger partial charge in [0.15, 0.2) is 0 Å². The van der Waals surface area contributed by atoms with Gasteiger partial charge in [0, 0.05) is 0 Å². The van der Waals surface area contributed by atoms with Gasteiger partial charge in [0.05, 0.1) is 10.8 Å². The summed E-state index contributed by atoms with van der Waals surface area (Å²) < 4.78 is 0. The van der Waals surface area contributed by atoms with Gasteiger partial charge in [-0.25, -0.2) is 5.57 Å². The Balaban J connectivity index is -0.000000138. The molecule has 0 saturated heterocycles. The van der Waals surface area contributed by atoms with Crippen molar-refractivity contribution in [3.63, 3.8) is 0 Å². The number of carbonyl (C=O) groups is 2. The Morgan fingerprint density at radius 1 is 0.846 bits per heavy atom. The van der Waals surface area contributed by atoms with Gasteiger partial charge in [-0.3, -0.25) is 15.7 Å². The van der Waals surface area contributed by atoms with E-state index in [1.807, 2.05) is 0 Å². The van der Waals surface area contributed by atoms with Gasteiger partial charge in [-0.1, -0.05) is 33.1 Å². The molecule has 0 aromatic rings. The molecular weight excluding hydrogens is 364 g/mol. The summed E-state index contributed by atoms with van der Waals surface area (Å²) in [5.41, 5.74) is 3.23. The van der Waals surface area contributed by atoms with Crippen LogP contribution < -0.4 is 0 Å². The quantitative estimate of drug-likeness (QED) is 0.397. The Bertz CT molecular complexity index is 503. The van der Waals surface area contributed by atoms with Gasteiger partial charge in [0.1, 0.15) is 0 Å². The fourth-order valence-electron chi connectivity index (χ4n) is 1.41. The van der Waals surface area contributed by atoms with Crippen LogP contribution in [0.5, 0.6) is 0 Å². The molecule has 1 aliphatic carbocycles. The molecule has 0 aliphatic heterocycles. The largest absolute Gasteiger partial charge is 2.00 e. The molecule has 1 rings (SSSR count). The van der Waals surface area contributed by atoms with Crippen LogP contribution in [0.1, 0.15) is 76.2 Å². The first kappa shape index (κ1) is 32.8. The van der Waals surface area contributed by atoms with Gasteiger partial charge >= 0.3 is 33.7 Å². The van der Waals surface area contributed by atoms with Crippen LogP contribution in [0.3, 0.4) is 0 Å². The van der Waals surface area contributed by atoms with E-state index < -0.39 is 22.8 Å². The summed E-state index contributed by atoms with van der Waals surface area (Å²) in [4.78, 5) is 20.0. The van der Waals surface area contributed by atoms with E-state index in [9.17, 15) is 9.59 Å². The van der Waals surface area contributed by atoms with Crippen molar-refractivity contribution in [1.29, 1.82) is 0 Å². The predicted molar refractivity (Wildman–Crippen MR) is 105 cm³/mol. The van der Waals surface area contributed by atoms with Crippen LogP contribution in [0.4, 0.5) is 0 Å². The molecule has 0 heterocycles. The number of carboxylic acids is 2. The second-order valence-corrected chi connectivity index (χ2v) is 8.74. The third-order valence-electron chi connectivity index (χ3n) is 3.85. The zero-order valence-corrected chi connectivity index (χ0v) is 20.3. The van der Waals surface area contributed by atoms with Crippen LogP contribution in [-0.4, -0.2) is 22.2 Å². The molecule has 0 aromatic heterocycles. The minimum Gasteiger partial charge on any atom is -0.481 e. The number of rotatable bonds is 0. The fourth-order valence-corrected chi connectivity index (χ4v) is 1.41. The zero-order chi connectivity index (χ0) is 20.1. The molecule has 0 atom stereocenters. The molecule has 4 nitrogen and oxygen atoms in total. The number of allylic oxidation sites excluding steroid dienone is 4. The van der Waals surface area contributed by atoms with Crippen LogP contribution in [-0.2, 0) is 31.3 Å². The summed E-state index contributed by atoms with van der Waals surface area (Å²) >= 11 is 0. The van der Waals surface area contributed by atoms with Crippen molar-refractivity contribution < 1.29 is 41.5 Å². The van der Waals surface area contributed by atoms with Crippen molar-refractivity contribution >= 4 is 11.9 Å². The van der Waals surface area contributed by atoms with Crippen molar-refractivity contribution in [1.82, 2.24) is 0 Å². The van der Waals surface area contributed by atoms with E-state index in [1.54, 1.807) is 41.5 Å². The monoisotopic (exact) mass is 402 g/mol. The average Bonchev–Trinajstić information content (AvgIpc) is 2.51. The second-order valence-electron chi connectivity index (χ2n) is 8.74. The first-order valence-corrected chi connectivity index (χ1v) is 8.11. The molecule has 0 bridgehead atoms. The molecule has 0 unspecified atom stereocenters. The van der Waals surface area contributed by atoms with Gasteiger partial charge in [-0.15, -0.1) is 6.92 Å². The van der Waals surface area contributed by atoms with E-state index in [0.717, 1.165) is 0 Å². The molecule has 0 spiro atoms. The Hall–Kier alpha value is -0.866. The summed E-state index contributed by atoms with van der Waals surface area (Å²) in [5.74, 6) is -1.51. The van der Waals surface area contributed by atoms with Gasteiger partial charge in [-0.05, 0) is 41.5 Å². The molecule has 0 fully saturated rings. The Morgan fingerprint density at radius 2 is 1.08 bits per heavy atom. The molecule has 5 heteroatoms. The first-order chi connectivity index (χ1) is 10.3. The minimum atomic E-state index is -0.757. The van der Waals surface area contributed by atoms with Gasteiger partial charge in [0.25, 0.3) is 0 Å². The van der Waals surface area contributed by atoms with Crippen molar-refractivity contribution in [3.05, 3.63) is 30.2 Å². The average molecular weight is 402 g/mol. The van der Waals surface area contributed by atoms with Crippen molar-refractivity contribution in [3.8, 4) is 0 Å². The van der Waals surface area contributed by atoms with Gasteiger partial charge < -0.3 is 17.6 Å². The normalized spacial score (nSPS) is 15.1. The molecule has 0 radical (unpaired) electrons. The first-order valence-electron chi connectivity index (χ1n) is 8.11. The van der Waals surface area contributed by atoms with E-state index in [4.69, 9.17) is 10.2 Å². The molecule has 0 aromatic carbocycles. The second kappa shape index (κ2) is 11.8. The topological polar surface area (TPSA) is 74.6 Å². The molecular formula is C21H38O4Ti. The van der Waals surface area contributed by atoms with E-state index in [0.29, 0.717) is 0 Å². The number of hydrogen-bond donors (Lipinski definition) is 2. The number of aliphatic carboxylic acids is 2. The van der Waals surface area contributed by atoms with E-state index in [2.05, 4.69) is 40.7 Å². The molecule has 2 N–H and O–H groups in total. The van der Waals surface area contributed by atoms with Gasteiger partial charge in [-0.2, -0.15) is 11.1 Å². The van der Waals surface area contributed by atoms with Crippen LogP contribution in [0.15, 0.2) is 16.7 Å². The Kier molecular flexibility index (Phi) is 14.8. The zero-order valence-electron chi connectivity index (χ0n) is 18.7. The van der Waals surface area contributed by atoms with Crippen LogP contribution >= 0.6 is 0 Å². The maximum Gasteiger partial charge on any atom is 2.00 e. The van der Waals surface area contributed by atoms with E-state index in [1.165, 1.54) is 16.7 Å². The maximum atomic E-state index is 10.0. The Labute approximate surface area is 176 Å². The van der Waals surface area contributed by atoms with Crippen molar-refractivity contribution in [2.24, 2.45) is 16.2 Å². The van der Waals surface area contributed by atoms with Gasteiger partial charge in [0.2, 0.25) is 0 Å². The maximum absolute atomic E-state index is 10.0. The summed E-state index contributed by atoms with van der Waals surface area (Å²) in [6, 6.07) is 0. The molecule has 26 heavy (non-hydrogen) atoms. The molecule has 1 aliphatic rings. The molecule has 0 saturated carbocycles. The predicted octanol–water partition coefficient (Wildman–Crippen LogP) is 5.79. The summed E-state index contributed by atoms with van der Waals surface area (Å²) in [6.07, 6.45) is 3.44. The van der Waals surface area contributed by atoms with Crippen LogP contribution in [0.25, 0.3) is 0 Å². The SMILES string of the molecule is CC(C)(C)C(=O)O.CC(C)(C)C(=O)O.CC1=[C-]C(C)(C)C(C)=C1C.[CH3-].[Ti+2]. The van der Waals surface area contributed by atoms with Crippen LogP contribution in [0.2, 0.25) is 0 Å². The molecule has 150 valence electrons. The number of hydrogen-bond acceptors (Lipinski definition) is 2. The van der Waals surface area contributed by atoms with Crippen molar-refractivity contribution in [2.45, 2.75) is 76.2 Å². The summed E-state index contributed by atoms with van der Waals surface area (Å²) in [6.45, 7) is 20.9. The third kappa shape index (κ3) is 12.5. The van der Waals surface area contributed by atoms with Crippen molar-refractivity contribution in [2.75, 3.05) is 0 Å². The van der Waals surface area contributed by atoms with E-state index in [-0.39, 0.29) is 34.6 Å². The minimum absolute atomic E-state index is 0. The van der Waals surface area contributed by atoms with Crippen LogP contribution in [0, 0.1) is 29.7 Å². The smallest absolute Gasteiger partial charge is 0.481 e. The van der Waals surface area contributed by atoms with E-state index >= 15 is 0 Å². The standard InChI is InChI=1S/C10H15.2C5H10O2.CH3.Ti/c1-7-6-10(4,5)9(3)8(7)2;2*1-5(2,3)4(6)7;;/h1-5H3;2*1-3H3,(H,6,7);1H3;/q-1;;;-1;+2. The third-order valence-corrected chi connectivity index (χ3v) is 3.85.